The highest BCUT2D eigenvalue weighted by Gasteiger charge is 2.16. The third-order valence-electron chi connectivity index (χ3n) is 3.90. The van der Waals surface area contributed by atoms with Crippen LogP contribution in [-0.2, 0) is 16.0 Å². The van der Waals surface area contributed by atoms with E-state index in [-0.39, 0.29) is 30.1 Å². The quantitative estimate of drug-likeness (QED) is 0.812. The SMILES string of the molecule is CC(=O)N[C@H](CC(=O)NCCc1ccc(F)cc1)c1ccc(C)cc1. The van der Waals surface area contributed by atoms with Crippen molar-refractivity contribution in [2.45, 2.75) is 32.7 Å². The number of hydrogen-bond acceptors (Lipinski definition) is 2. The Morgan fingerprint density at radius 1 is 1.04 bits per heavy atom. The van der Waals surface area contributed by atoms with Gasteiger partial charge in [-0.3, -0.25) is 9.59 Å². The number of nitrogens with one attached hydrogen (secondary N) is 2. The Labute approximate surface area is 147 Å². The van der Waals surface area contributed by atoms with E-state index in [1.807, 2.05) is 31.2 Å². The second-order valence-electron chi connectivity index (χ2n) is 6.09. The van der Waals surface area contributed by atoms with Crippen molar-refractivity contribution in [3.63, 3.8) is 0 Å². The highest BCUT2D eigenvalue weighted by atomic mass is 19.1. The molecule has 0 aliphatic rings. The molecule has 4 nitrogen and oxygen atoms in total. The van der Waals surface area contributed by atoms with Crippen LogP contribution in [0.25, 0.3) is 0 Å². The van der Waals surface area contributed by atoms with Crippen molar-refractivity contribution in [2.75, 3.05) is 6.54 Å². The third kappa shape index (κ3) is 6.37. The summed E-state index contributed by atoms with van der Waals surface area (Å²) in [4.78, 5) is 23.6. The number of benzene rings is 2. The van der Waals surface area contributed by atoms with Crippen molar-refractivity contribution in [1.82, 2.24) is 10.6 Å². The maximum atomic E-state index is 12.9. The van der Waals surface area contributed by atoms with Crippen LogP contribution in [0.4, 0.5) is 4.39 Å². The number of rotatable bonds is 7. The van der Waals surface area contributed by atoms with E-state index in [4.69, 9.17) is 0 Å². The maximum Gasteiger partial charge on any atom is 0.222 e. The highest BCUT2D eigenvalue weighted by molar-refractivity contribution is 5.79. The molecule has 0 bridgehead atoms. The predicted octanol–water partition coefficient (Wildman–Crippen LogP) is 3.06. The molecule has 0 radical (unpaired) electrons. The summed E-state index contributed by atoms with van der Waals surface area (Å²) in [6, 6.07) is 13.6. The molecule has 0 aliphatic heterocycles. The van der Waals surface area contributed by atoms with Crippen molar-refractivity contribution in [2.24, 2.45) is 0 Å². The topological polar surface area (TPSA) is 58.2 Å². The van der Waals surface area contributed by atoms with E-state index >= 15 is 0 Å². The number of amides is 2. The van der Waals surface area contributed by atoms with E-state index in [1.54, 1.807) is 12.1 Å². The Hall–Kier alpha value is -2.69. The molecule has 0 unspecified atom stereocenters. The standard InChI is InChI=1S/C20H23FN2O2/c1-14-3-7-17(8-4-14)19(23-15(2)24)13-20(25)22-12-11-16-5-9-18(21)10-6-16/h3-10,19H,11-13H2,1-2H3,(H,22,25)(H,23,24)/t19-/m1/s1. The average Bonchev–Trinajstić information content (AvgIpc) is 2.56. The van der Waals surface area contributed by atoms with Crippen LogP contribution >= 0.6 is 0 Å². The summed E-state index contributed by atoms with van der Waals surface area (Å²) in [5.74, 6) is -0.588. The number of carbonyl (C=O) groups excluding carboxylic acids is 2. The van der Waals surface area contributed by atoms with Crippen LogP contribution in [0.5, 0.6) is 0 Å². The van der Waals surface area contributed by atoms with E-state index in [0.29, 0.717) is 13.0 Å². The van der Waals surface area contributed by atoms with E-state index in [0.717, 1.165) is 16.7 Å². The normalized spacial score (nSPS) is 11.6. The molecule has 2 N–H and O–H groups in total. The highest BCUT2D eigenvalue weighted by Crippen LogP contribution is 2.17. The zero-order chi connectivity index (χ0) is 18.2. The molecule has 2 rings (SSSR count). The fourth-order valence-corrected chi connectivity index (χ4v) is 2.55. The van der Waals surface area contributed by atoms with Gasteiger partial charge in [0.25, 0.3) is 0 Å². The minimum atomic E-state index is -0.357. The summed E-state index contributed by atoms with van der Waals surface area (Å²) in [6.45, 7) is 3.89. The monoisotopic (exact) mass is 342 g/mol. The van der Waals surface area contributed by atoms with Crippen molar-refractivity contribution >= 4 is 11.8 Å². The number of hydrogen-bond donors (Lipinski definition) is 2. The van der Waals surface area contributed by atoms with Gasteiger partial charge in [-0.25, -0.2) is 4.39 Å². The Bertz CT molecular complexity index is 711. The molecule has 0 fully saturated rings. The van der Waals surface area contributed by atoms with Crippen LogP contribution in [0.2, 0.25) is 0 Å². The number of aryl methyl sites for hydroxylation is 1. The van der Waals surface area contributed by atoms with Gasteiger partial charge >= 0.3 is 0 Å². The molecule has 5 heteroatoms. The van der Waals surface area contributed by atoms with Crippen molar-refractivity contribution in [3.05, 3.63) is 71.0 Å². The lowest BCUT2D eigenvalue weighted by Gasteiger charge is -2.18. The first-order chi connectivity index (χ1) is 11.9. The Morgan fingerprint density at radius 3 is 2.28 bits per heavy atom. The van der Waals surface area contributed by atoms with Crippen LogP contribution in [-0.4, -0.2) is 18.4 Å². The lowest BCUT2D eigenvalue weighted by molar-refractivity contribution is -0.122. The van der Waals surface area contributed by atoms with Gasteiger partial charge in [-0.1, -0.05) is 42.0 Å². The zero-order valence-corrected chi connectivity index (χ0v) is 14.5. The van der Waals surface area contributed by atoms with Gasteiger partial charge in [0, 0.05) is 13.5 Å². The molecule has 0 saturated carbocycles. The molecule has 132 valence electrons. The Balaban J connectivity index is 1.89. The van der Waals surface area contributed by atoms with Gasteiger partial charge in [-0.2, -0.15) is 0 Å². The largest absolute Gasteiger partial charge is 0.356 e. The minimum Gasteiger partial charge on any atom is -0.356 e. The van der Waals surface area contributed by atoms with Gasteiger partial charge < -0.3 is 10.6 Å². The van der Waals surface area contributed by atoms with Gasteiger partial charge in [-0.15, -0.1) is 0 Å². The molecule has 0 aromatic heterocycles. The summed E-state index contributed by atoms with van der Waals surface area (Å²) in [7, 11) is 0. The lowest BCUT2D eigenvalue weighted by Crippen LogP contribution is -2.33. The van der Waals surface area contributed by atoms with Gasteiger partial charge in [0.1, 0.15) is 5.82 Å². The fraction of sp³-hybridized carbons (Fsp3) is 0.300. The molecule has 2 amide bonds. The first-order valence-electron chi connectivity index (χ1n) is 8.29. The minimum absolute atomic E-state index is 0.138. The van der Waals surface area contributed by atoms with Gasteiger partial charge in [0.2, 0.25) is 11.8 Å². The molecule has 2 aromatic carbocycles. The molecule has 1 atom stereocenters. The van der Waals surface area contributed by atoms with Crippen LogP contribution in [0, 0.1) is 12.7 Å². The van der Waals surface area contributed by atoms with E-state index in [2.05, 4.69) is 10.6 Å². The Morgan fingerprint density at radius 2 is 1.68 bits per heavy atom. The van der Waals surface area contributed by atoms with Crippen LogP contribution in [0.1, 0.15) is 36.1 Å². The number of halogens is 1. The number of carbonyl (C=O) groups is 2. The second kappa shape index (κ2) is 8.97. The maximum absolute atomic E-state index is 12.9. The molecule has 0 spiro atoms. The van der Waals surface area contributed by atoms with E-state index in [9.17, 15) is 14.0 Å². The Kier molecular flexibility index (Phi) is 6.69. The second-order valence-corrected chi connectivity index (χ2v) is 6.09. The fourth-order valence-electron chi connectivity index (χ4n) is 2.55. The van der Waals surface area contributed by atoms with E-state index < -0.39 is 0 Å². The van der Waals surface area contributed by atoms with Crippen LogP contribution in [0.3, 0.4) is 0 Å². The van der Waals surface area contributed by atoms with Gasteiger partial charge in [-0.05, 0) is 36.6 Å². The van der Waals surface area contributed by atoms with Crippen molar-refractivity contribution in [3.8, 4) is 0 Å². The molecule has 25 heavy (non-hydrogen) atoms. The van der Waals surface area contributed by atoms with Crippen LogP contribution < -0.4 is 10.6 Å². The zero-order valence-electron chi connectivity index (χ0n) is 14.5. The van der Waals surface area contributed by atoms with Crippen LogP contribution in [0.15, 0.2) is 48.5 Å². The molecule has 0 saturated heterocycles. The summed E-state index contributed by atoms with van der Waals surface area (Å²) in [6.07, 6.45) is 0.799. The predicted molar refractivity (Wildman–Crippen MR) is 95.5 cm³/mol. The molecular formula is C20H23FN2O2. The first-order valence-corrected chi connectivity index (χ1v) is 8.29. The summed E-state index contributed by atoms with van der Waals surface area (Å²) in [5.41, 5.74) is 2.97. The van der Waals surface area contributed by atoms with Gasteiger partial charge in [0.05, 0.1) is 12.5 Å². The first kappa shape index (κ1) is 18.6. The summed E-state index contributed by atoms with van der Waals surface area (Å²) in [5, 5.41) is 5.67. The third-order valence-corrected chi connectivity index (χ3v) is 3.90. The van der Waals surface area contributed by atoms with E-state index in [1.165, 1.54) is 19.1 Å². The summed E-state index contributed by atoms with van der Waals surface area (Å²) >= 11 is 0. The average molecular weight is 342 g/mol. The lowest BCUT2D eigenvalue weighted by atomic mass is 10.0. The molecule has 2 aromatic rings. The van der Waals surface area contributed by atoms with Crippen molar-refractivity contribution < 1.29 is 14.0 Å². The summed E-state index contributed by atoms with van der Waals surface area (Å²) < 4.78 is 12.9. The smallest absolute Gasteiger partial charge is 0.222 e. The molecular weight excluding hydrogens is 319 g/mol. The molecule has 0 aliphatic carbocycles. The van der Waals surface area contributed by atoms with Crippen molar-refractivity contribution in [1.29, 1.82) is 0 Å². The molecule has 0 heterocycles. The van der Waals surface area contributed by atoms with Gasteiger partial charge in [0.15, 0.2) is 0 Å².